The van der Waals surface area contributed by atoms with E-state index in [9.17, 15) is 51.9 Å². The molecule has 0 atom stereocenters. The van der Waals surface area contributed by atoms with Crippen LogP contribution in [0.5, 0.6) is 0 Å². The van der Waals surface area contributed by atoms with E-state index in [2.05, 4.69) is 220 Å². The third-order valence-corrected chi connectivity index (χ3v) is 24.8. The van der Waals surface area contributed by atoms with Crippen LogP contribution < -0.4 is 9.80 Å². The lowest BCUT2D eigenvalue weighted by atomic mass is 9.79. The van der Waals surface area contributed by atoms with E-state index in [1.165, 1.54) is 0 Å². The minimum absolute atomic E-state index is 0.171. The molecular formula is C86H94N4O12S4. The van der Waals surface area contributed by atoms with Gasteiger partial charge in [-0.25, -0.2) is 16.8 Å². The maximum Gasteiger partial charge on any atom is 0.264 e. The van der Waals surface area contributed by atoms with Crippen molar-refractivity contribution in [2.75, 3.05) is 59.0 Å². The highest BCUT2D eigenvalue weighted by Gasteiger charge is 2.48. The van der Waals surface area contributed by atoms with E-state index >= 15 is 0 Å². The molecular weight excluding hydrogens is 1410 g/mol. The fourth-order valence-corrected chi connectivity index (χ4v) is 19.0. The van der Waals surface area contributed by atoms with Crippen LogP contribution in [0.3, 0.4) is 0 Å². The first kappa shape index (κ1) is 76.9. The summed E-state index contributed by atoms with van der Waals surface area (Å²) in [5, 5.41) is 8.69. The van der Waals surface area contributed by atoms with Crippen molar-refractivity contribution in [2.24, 2.45) is 0 Å². The number of hydrogen-bond acceptors (Lipinski definition) is 12. The minimum atomic E-state index is -4.47. The molecule has 16 nitrogen and oxygen atoms in total. The lowest BCUT2D eigenvalue weighted by Gasteiger charge is -2.27. The van der Waals surface area contributed by atoms with Crippen molar-refractivity contribution in [3.05, 3.63) is 263 Å². The summed E-state index contributed by atoms with van der Waals surface area (Å²) in [4.78, 5) is 4.52. The summed E-state index contributed by atoms with van der Waals surface area (Å²) in [6, 6.07) is 50.1. The normalized spacial score (nSPS) is 18.2. The molecule has 8 aromatic carbocycles. The average molecular weight is 1500 g/mol. The van der Waals surface area contributed by atoms with Gasteiger partial charge < -0.3 is 18.9 Å². The third kappa shape index (κ3) is 16.4. The van der Waals surface area contributed by atoms with Gasteiger partial charge in [0, 0.05) is 106 Å². The summed E-state index contributed by atoms with van der Waals surface area (Å²) < 4.78 is 144. The Hall–Kier alpha value is -8.70. The van der Waals surface area contributed by atoms with Crippen molar-refractivity contribution in [3.63, 3.8) is 0 Å². The predicted octanol–water partition coefficient (Wildman–Crippen LogP) is 17.2. The molecule has 0 spiro atoms. The van der Waals surface area contributed by atoms with Crippen LogP contribution in [0.15, 0.2) is 241 Å². The Morgan fingerprint density at radius 2 is 0.708 bits per heavy atom. The van der Waals surface area contributed by atoms with Crippen LogP contribution in [0.4, 0.5) is 22.7 Å². The van der Waals surface area contributed by atoms with Crippen molar-refractivity contribution >= 4 is 118 Å². The average Bonchev–Trinajstić information content (AvgIpc) is 1.60. The lowest BCUT2D eigenvalue weighted by molar-refractivity contribution is -0.438. The molecule has 0 radical (unpaired) electrons. The molecule has 0 aliphatic carbocycles. The van der Waals surface area contributed by atoms with E-state index in [1.54, 1.807) is 0 Å². The smallest absolute Gasteiger partial charge is 0.264 e. The molecule has 20 heteroatoms. The molecule has 4 aliphatic heterocycles. The van der Waals surface area contributed by atoms with Gasteiger partial charge in [-0.15, -0.1) is 0 Å². The second-order valence-electron chi connectivity index (χ2n) is 30.3. The number of fused-ring (bicyclic) bond motifs is 12. The Morgan fingerprint density at radius 3 is 1.07 bits per heavy atom. The van der Waals surface area contributed by atoms with Gasteiger partial charge in [-0.3, -0.25) is 9.11 Å². The Bertz CT molecular complexity index is 5290. The summed E-state index contributed by atoms with van der Waals surface area (Å²) >= 11 is 0. The number of hydrogen-bond donors (Lipinski definition) is 2. The van der Waals surface area contributed by atoms with Gasteiger partial charge in [0.15, 0.2) is 11.4 Å². The summed E-state index contributed by atoms with van der Waals surface area (Å²) in [6.07, 6.45) is 27.7. The van der Waals surface area contributed by atoms with E-state index in [1.807, 2.05) is 72.8 Å². The molecule has 0 bridgehead atoms. The van der Waals surface area contributed by atoms with Crippen molar-refractivity contribution in [1.82, 2.24) is 0 Å². The molecule has 0 aromatic heterocycles. The number of rotatable bonds is 29. The van der Waals surface area contributed by atoms with Crippen LogP contribution in [0.25, 0.3) is 43.1 Å². The van der Waals surface area contributed by atoms with Gasteiger partial charge in [-0.05, 0) is 168 Å². The van der Waals surface area contributed by atoms with Gasteiger partial charge in [0.05, 0.1) is 42.6 Å². The third-order valence-electron chi connectivity index (χ3n) is 21.6. The monoisotopic (exact) mass is 1500 g/mol. The summed E-state index contributed by atoms with van der Waals surface area (Å²) in [5.41, 5.74) is 11.6. The fraction of sp³-hybridized carbons (Fsp3) is 0.326. The maximum atomic E-state index is 12.2. The lowest BCUT2D eigenvalue weighted by Crippen LogP contribution is -2.28. The van der Waals surface area contributed by atoms with Gasteiger partial charge in [0.1, 0.15) is 13.1 Å². The Kier molecular flexibility index (Phi) is 22.1. The zero-order valence-corrected chi connectivity index (χ0v) is 64.8. The molecule has 0 unspecified atom stereocenters. The van der Waals surface area contributed by atoms with Crippen LogP contribution in [0.1, 0.15) is 129 Å². The van der Waals surface area contributed by atoms with Crippen LogP contribution in [0, 0.1) is 0 Å². The standard InChI is InChI=1S/C86H94N4O12S4/c1-83(2)75(87(53-21-25-57-103(91,92)93)71-47-41-63-31-9-15-35-67(63)79(71)83)39-19-13-29-61(45-51-77-85(5,6)81-69-37-17-11-33-65(69)43-49-73(81)89(77)55-23-27-59-105(97,98)99)62(46-52-78-86(7,8)82-70-38-18-12-34-66(70)44-50-74(82)90(78)56-24-28-60-106(100,101)102)30-14-20-40-76-84(3,4)80-68-36-16-10-32-64(68)42-48-72(80)88(76)54-22-26-58-104(94,95)96/h9-20,29-52H,21-28,53-60H2,1-8H3,(H2-2,91,92,93,94,95,96,97,98,99,100,101,102). The topological polar surface area (TPSA) is 236 Å². The molecule has 8 aromatic rings. The van der Waals surface area contributed by atoms with Crippen LogP contribution in [0.2, 0.25) is 0 Å². The van der Waals surface area contributed by atoms with Gasteiger partial charge >= 0.3 is 0 Å². The Balaban J connectivity index is 1.06. The maximum absolute atomic E-state index is 12.2. The molecule has 4 aliphatic rings. The highest BCUT2D eigenvalue weighted by molar-refractivity contribution is 7.86. The van der Waals surface area contributed by atoms with E-state index in [0.29, 0.717) is 51.9 Å². The van der Waals surface area contributed by atoms with Crippen LogP contribution in [-0.2, 0) is 62.1 Å². The molecule has 0 amide bonds. The minimum Gasteiger partial charge on any atom is -0.748 e. The molecule has 2 N–H and O–H groups in total. The number of benzene rings is 8. The molecule has 12 rings (SSSR count). The van der Waals surface area contributed by atoms with E-state index in [4.69, 9.17) is 0 Å². The zero-order chi connectivity index (χ0) is 75.8. The van der Waals surface area contributed by atoms with Gasteiger partial charge in [0.25, 0.3) is 20.2 Å². The highest BCUT2D eigenvalue weighted by Crippen LogP contribution is 2.53. The first-order chi connectivity index (χ1) is 50.2. The van der Waals surface area contributed by atoms with Gasteiger partial charge in [-0.1, -0.05) is 185 Å². The van der Waals surface area contributed by atoms with Crippen molar-refractivity contribution in [1.29, 1.82) is 0 Å². The quantitative estimate of drug-likeness (QED) is 0.0192. The number of anilines is 2. The Labute approximate surface area is 625 Å². The largest absolute Gasteiger partial charge is 0.748 e. The molecule has 0 saturated carbocycles. The van der Waals surface area contributed by atoms with E-state index in [-0.39, 0.29) is 37.2 Å². The highest BCUT2D eigenvalue weighted by atomic mass is 32.2. The summed E-state index contributed by atoms with van der Waals surface area (Å²) in [6.45, 7) is 19.4. The van der Waals surface area contributed by atoms with E-state index in [0.717, 1.165) is 122 Å². The first-order valence-electron chi connectivity index (χ1n) is 36.4. The van der Waals surface area contributed by atoms with Crippen LogP contribution >= 0.6 is 0 Å². The molecule has 554 valence electrons. The zero-order valence-electron chi connectivity index (χ0n) is 61.5. The van der Waals surface area contributed by atoms with E-state index < -0.39 is 73.6 Å². The number of nitrogens with zero attached hydrogens (tertiary/aromatic N) is 4. The predicted molar refractivity (Wildman–Crippen MR) is 430 cm³/mol. The second-order valence-corrected chi connectivity index (χ2v) is 36.5. The molecule has 4 heterocycles. The summed E-state index contributed by atoms with van der Waals surface area (Å²) in [5.74, 6) is -1.68. The van der Waals surface area contributed by atoms with Crippen LogP contribution in [-0.4, -0.2) is 122 Å². The fourth-order valence-electron chi connectivity index (χ4n) is 16.8. The Morgan fingerprint density at radius 1 is 0.387 bits per heavy atom. The SMILES string of the molecule is CC1(C)C(=C/C=C(/C=C\C=C\C2=[N+](CCCCS(=O)(=O)O)c3ccc4ccccc4c3C2(C)C)C(=C/C=C2N(CCCCS(=O)(=O)O)c3ccc4ccccc4c3C2(C)C)\C=C\C=C\C2=[N+](CCCCS(=O)(=O)[O-])c3ccc4ccccc4c3C2(C)C)N(CCCCS(=O)(=O)[O-])c2ccc3ccccc3c21. The first-order valence-corrected chi connectivity index (χ1v) is 42.8. The van der Waals surface area contributed by atoms with Gasteiger partial charge in [0.2, 0.25) is 11.4 Å². The van der Waals surface area contributed by atoms with Crippen molar-refractivity contribution in [2.45, 2.75) is 128 Å². The molecule has 106 heavy (non-hydrogen) atoms. The molecule has 0 saturated heterocycles. The summed E-state index contributed by atoms with van der Waals surface area (Å²) in [7, 11) is -17.3. The van der Waals surface area contributed by atoms with Crippen molar-refractivity contribution < 1.29 is 61.0 Å². The second kappa shape index (κ2) is 30.5. The molecule has 0 fully saturated rings. The number of allylic oxidation sites excluding steroid dienone is 16. The van der Waals surface area contributed by atoms with Crippen molar-refractivity contribution in [3.8, 4) is 0 Å². The number of unbranched alkanes of at least 4 members (excludes halogenated alkanes) is 4. The van der Waals surface area contributed by atoms with Gasteiger partial charge in [-0.2, -0.15) is 26.0 Å².